The van der Waals surface area contributed by atoms with E-state index in [9.17, 15) is 0 Å². The fourth-order valence-electron chi connectivity index (χ4n) is 1.33. The first-order chi connectivity index (χ1) is 5.70. The first-order valence-electron chi connectivity index (χ1n) is 4.10. The van der Waals surface area contributed by atoms with Gasteiger partial charge in [0.1, 0.15) is 4.60 Å². The second-order valence-corrected chi connectivity index (χ2v) is 4.19. The van der Waals surface area contributed by atoms with Gasteiger partial charge in [-0.15, -0.1) is 0 Å². The molecule has 0 aliphatic heterocycles. The van der Waals surface area contributed by atoms with Crippen LogP contribution in [0.3, 0.4) is 0 Å². The molecule has 4 heteroatoms. The zero-order chi connectivity index (χ0) is 8.72. The second-order valence-electron chi connectivity index (χ2n) is 3.38. The number of halogens is 1. The monoisotopic (exact) mass is 229 g/mol. The molecule has 0 spiro atoms. The number of hydrogen-bond donors (Lipinski definition) is 0. The molecule has 1 aliphatic carbocycles. The topological polar surface area (TPSA) is 21.1 Å². The maximum absolute atomic E-state index is 4.32. The van der Waals surface area contributed by atoms with E-state index in [-0.39, 0.29) is 0 Å². The minimum atomic E-state index is 0.680. The van der Waals surface area contributed by atoms with Crippen molar-refractivity contribution in [1.29, 1.82) is 0 Å². The highest BCUT2D eigenvalue weighted by Gasteiger charge is 2.28. The SMILES string of the molecule is CN(C)c1ncc(Br)n1C1CC1. The quantitative estimate of drug-likeness (QED) is 0.775. The molecule has 0 atom stereocenters. The molecule has 0 radical (unpaired) electrons. The molecule has 1 heterocycles. The lowest BCUT2D eigenvalue weighted by molar-refractivity contribution is 0.714. The number of hydrogen-bond acceptors (Lipinski definition) is 2. The molecule has 1 aromatic heterocycles. The average molecular weight is 230 g/mol. The van der Waals surface area contributed by atoms with E-state index in [0.29, 0.717) is 6.04 Å². The molecule has 12 heavy (non-hydrogen) atoms. The third kappa shape index (κ3) is 1.24. The van der Waals surface area contributed by atoms with E-state index < -0.39 is 0 Å². The Morgan fingerprint density at radius 2 is 2.25 bits per heavy atom. The molecule has 1 aliphatic rings. The van der Waals surface area contributed by atoms with Gasteiger partial charge in [-0.2, -0.15) is 0 Å². The van der Waals surface area contributed by atoms with Crippen LogP contribution in [0.15, 0.2) is 10.8 Å². The van der Waals surface area contributed by atoms with Gasteiger partial charge in [0.05, 0.1) is 6.20 Å². The molecule has 0 saturated heterocycles. The van der Waals surface area contributed by atoms with Crippen LogP contribution >= 0.6 is 15.9 Å². The van der Waals surface area contributed by atoms with Crippen LogP contribution in [0.25, 0.3) is 0 Å². The van der Waals surface area contributed by atoms with E-state index in [1.165, 1.54) is 12.8 Å². The van der Waals surface area contributed by atoms with Gasteiger partial charge in [0, 0.05) is 20.1 Å². The summed E-state index contributed by atoms with van der Waals surface area (Å²) in [6, 6.07) is 0.680. The van der Waals surface area contributed by atoms with Gasteiger partial charge >= 0.3 is 0 Å². The van der Waals surface area contributed by atoms with Crippen LogP contribution in [0.1, 0.15) is 18.9 Å². The summed E-state index contributed by atoms with van der Waals surface area (Å²) < 4.78 is 3.34. The fourth-order valence-corrected chi connectivity index (χ4v) is 1.88. The molecule has 2 rings (SSSR count). The Morgan fingerprint density at radius 1 is 1.58 bits per heavy atom. The molecule has 0 aromatic carbocycles. The Morgan fingerprint density at radius 3 is 2.75 bits per heavy atom. The molecule has 1 aromatic rings. The summed E-state index contributed by atoms with van der Waals surface area (Å²) in [7, 11) is 4.04. The highest BCUT2D eigenvalue weighted by molar-refractivity contribution is 9.10. The lowest BCUT2D eigenvalue weighted by Gasteiger charge is -2.14. The molecule has 1 fully saturated rings. The van der Waals surface area contributed by atoms with E-state index in [0.717, 1.165) is 10.6 Å². The summed E-state index contributed by atoms with van der Waals surface area (Å²) in [5, 5.41) is 0. The lowest BCUT2D eigenvalue weighted by atomic mass is 10.6. The predicted molar refractivity (Wildman–Crippen MR) is 52.5 cm³/mol. The second kappa shape index (κ2) is 2.76. The molecule has 3 nitrogen and oxygen atoms in total. The smallest absolute Gasteiger partial charge is 0.206 e. The normalized spacial score (nSPS) is 16.6. The Bertz CT molecular complexity index is 288. The van der Waals surface area contributed by atoms with Crippen LogP contribution in [0, 0.1) is 0 Å². The highest BCUT2D eigenvalue weighted by atomic mass is 79.9. The van der Waals surface area contributed by atoms with E-state index in [4.69, 9.17) is 0 Å². The van der Waals surface area contributed by atoms with Gasteiger partial charge < -0.3 is 9.47 Å². The van der Waals surface area contributed by atoms with Gasteiger partial charge in [0.2, 0.25) is 5.95 Å². The first-order valence-corrected chi connectivity index (χ1v) is 4.89. The third-order valence-electron chi connectivity index (χ3n) is 2.04. The highest BCUT2D eigenvalue weighted by Crippen LogP contribution is 2.40. The van der Waals surface area contributed by atoms with Crippen LogP contribution in [-0.2, 0) is 0 Å². The Kier molecular flexibility index (Phi) is 1.87. The average Bonchev–Trinajstić information content (AvgIpc) is 2.75. The van der Waals surface area contributed by atoms with Crippen molar-refractivity contribution in [2.45, 2.75) is 18.9 Å². The fraction of sp³-hybridized carbons (Fsp3) is 0.625. The van der Waals surface area contributed by atoms with Gasteiger partial charge in [-0.05, 0) is 28.8 Å². The van der Waals surface area contributed by atoms with Crippen LogP contribution in [-0.4, -0.2) is 23.6 Å². The summed E-state index contributed by atoms with van der Waals surface area (Å²) in [6.07, 6.45) is 4.44. The molecule has 1 saturated carbocycles. The summed E-state index contributed by atoms with van der Waals surface area (Å²) in [5.74, 6) is 1.05. The molecule has 0 N–H and O–H groups in total. The van der Waals surface area contributed by atoms with Crippen molar-refractivity contribution < 1.29 is 0 Å². The van der Waals surface area contributed by atoms with E-state index in [1.807, 2.05) is 25.2 Å². The van der Waals surface area contributed by atoms with E-state index >= 15 is 0 Å². The van der Waals surface area contributed by atoms with Crippen molar-refractivity contribution in [2.24, 2.45) is 0 Å². The van der Waals surface area contributed by atoms with Crippen molar-refractivity contribution in [3.05, 3.63) is 10.8 Å². The summed E-state index contributed by atoms with van der Waals surface area (Å²) in [6.45, 7) is 0. The Hall–Kier alpha value is -0.510. The van der Waals surface area contributed by atoms with Crippen molar-refractivity contribution in [2.75, 3.05) is 19.0 Å². The first kappa shape index (κ1) is 8.10. The van der Waals surface area contributed by atoms with Gasteiger partial charge in [-0.3, -0.25) is 0 Å². The molecule has 0 unspecified atom stereocenters. The maximum atomic E-state index is 4.32. The zero-order valence-corrected chi connectivity index (χ0v) is 8.87. The van der Waals surface area contributed by atoms with Gasteiger partial charge in [0.25, 0.3) is 0 Å². The predicted octanol–water partition coefficient (Wildman–Crippen LogP) is 2.05. The van der Waals surface area contributed by atoms with Crippen LogP contribution in [0.2, 0.25) is 0 Å². The summed E-state index contributed by atoms with van der Waals surface area (Å²) in [4.78, 5) is 6.36. The van der Waals surface area contributed by atoms with Crippen molar-refractivity contribution in [1.82, 2.24) is 9.55 Å². The number of nitrogens with zero attached hydrogens (tertiary/aromatic N) is 3. The maximum Gasteiger partial charge on any atom is 0.206 e. The van der Waals surface area contributed by atoms with Crippen LogP contribution in [0.4, 0.5) is 5.95 Å². The lowest BCUT2D eigenvalue weighted by Crippen LogP contribution is -2.15. The van der Waals surface area contributed by atoms with Crippen LogP contribution in [0.5, 0.6) is 0 Å². The summed E-state index contributed by atoms with van der Waals surface area (Å²) >= 11 is 3.50. The molecule has 0 bridgehead atoms. The number of anilines is 1. The van der Waals surface area contributed by atoms with Gasteiger partial charge in [0.15, 0.2) is 0 Å². The number of imidazole rings is 1. The van der Waals surface area contributed by atoms with Gasteiger partial charge in [-0.1, -0.05) is 0 Å². The Labute approximate surface area is 80.5 Å². The number of rotatable bonds is 2. The van der Waals surface area contributed by atoms with Crippen molar-refractivity contribution in [3.8, 4) is 0 Å². The minimum absolute atomic E-state index is 0.680. The van der Waals surface area contributed by atoms with Gasteiger partial charge in [-0.25, -0.2) is 4.98 Å². The molecule has 66 valence electrons. The van der Waals surface area contributed by atoms with Crippen molar-refractivity contribution in [3.63, 3.8) is 0 Å². The minimum Gasteiger partial charge on any atom is -0.348 e. The molecular weight excluding hydrogens is 218 g/mol. The van der Waals surface area contributed by atoms with Crippen molar-refractivity contribution >= 4 is 21.9 Å². The standard InChI is InChI=1S/C8H12BrN3/c1-11(2)8-10-5-7(9)12(8)6-3-4-6/h5-6H,3-4H2,1-2H3. The third-order valence-corrected chi connectivity index (χ3v) is 2.63. The zero-order valence-electron chi connectivity index (χ0n) is 7.29. The molecular formula is C8H12BrN3. The Balaban J connectivity index is 2.39. The van der Waals surface area contributed by atoms with E-state index in [2.05, 4.69) is 25.5 Å². The van der Waals surface area contributed by atoms with E-state index in [1.54, 1.807) is 0 Å². The number of aromatic nitrogens is 2. The summed E-state index contributed by atoms with van der Waals surface area (Å²) in [5.41, 5.74) is 0. The molecule has 0 amide bonds. The largest absolute Gasteiger partial charge is 0.348 e. The van der Waals surface area contributed by atoms with Crippen LogP contribution < -0.4 is 4.90 Å².